The maximum atomic E-state index is 5.37. The number of nitrogens with zero attached hydrogens (tertiary/aromatic N) is 2. The lowest BCUT2D eigenvalue weighted by atomic mass is 10.1. The largest absolute Gasteiger partial charge is 0.320 e. The van der Waals surface area contributed by atoms with Gasteiger partial charge < -0.3 is 10.6 Å². The predicted octanol–water partition coefficient (Wildman–Crippen LogP) is 1.13. The van der Waals surface area contributed by atoms with E-state index in [-0.39, 0.29) is 0 Å². The Morgan fingerprint density at radius 2 is 2.00 bits per heavy atom. The van der Waals surface area contributed by atoms with Crippen molar-refractivity contribution in [1.29, 1.82) is 0 Å². The summed E-state index contributed by atoms with van der Waals surface area (Å²) in [6, 6.07) is 9.14. The van der Waals surface area contributed by atoms with E-state index in [2.05, 4.69) is 59.9 Å². The first kappa shape index (κ1) is 14.1. The summed E-state index contributed by atoms with van der Waals surface area (Å²) in [5.41, 5.74) is 7.77. The van der Waals surface area contributed by atoms with Gasteiger partial charge in [-0.2, -0.15) is 0 Å². The molecule has 2 N–H and O–H groups in total. The highest BCUT2D eigenvalue weighted by molar-refractivity contribution is 5.36. The van der Waals surface area contributed by atoms with Crippen molar-refractivity contribution in [3.05, 3.63) is 35.4 Å². The monoisotopic (exact) mass is 257 g/mol. The molecule has 1 aromatic rings. The van der Waals surface area contributed by atoms with E-state index in [0.717, 1.165) is 31.7 Å². The summed E-state index contributed by atoms with van der Waals surface area (Å²) in [4.78, 5) is 4.94. The molecule has 2 rings (SSSR count). The highest BCUT2D eigenvalue weighted by Crippen LogP contribution is 2.12. The van der Waals surface area contributed by atoms with Crippen LogP contribution in [0.3, 0.4) is 0 Å². The average Bonchev–Trinajstić information content (AvgIpc) is 2.42. The SMILES string of the molecule is CC1CN(Cc2ccc(C#CCN)cc2)CCN1C. The minimum Gasteiger partial charge on any atom is -0.320 e. The molecule has 1 atom stereocenters. The quantitative estimate of drug-likeness (QED) is 0.806. The minimum atomic E-state index is 0.418. The third kappa shape index (κ3) is 4.07. The molecule has 3 nitrogen and oxygen atoms in total. The van der Waals surface area contributed by atoms with Gasteiger partial charge in [-0.15, -0.1) is 0 Å². The molecule has 0 amide bonds. The predicted molar refractivity (Wildman–Crippen MR) is 79.7 cm³/mol. The van der Waals surface area contributed by atoms with Gasteiger partial charge in [-0.3, -0.25) is 4.90 Å². The number of hydrogen-bond donors (Lipinski definition) is 1. The van der Waals surface area contributed by atoms with Crippen LogP contribution in [-0.2, 0) is 6.54 Å². The summed E-state index contributed by atoms with van der Waals surface area (Å²) in [5, 5.41) is 0. The second-order valence-corrected chi connectivity index (χ2v) is 5.27. The molecule has 3 heteroatoms. The van der Waals surface area contributed by atoms with Gasteiger partial charge in [-0.05, 0) is 31.7 Å². The number of likely N-dealkylation sites (N-methyl/N-ethyl adjacent to an activating group) is 1. The van der Waals surface area contributed by atoms with Crippen molar-refractivity contribution in [3.8, 4) is 11.8 Å². The van der Waals surface area contributed by atoms with Crippen molar-refractivity contribution in [2.45, 2.75) is 19.5 Å². The zero-order valence-electron chi connectivity index (χ0n) is 11.9. The number of rotatable bonds is 2. The van der Waals surface area contributed by atoms with E-state index < -0.39 is 0 Å². The van der Waals surface area contributed by atoms with Crippen LogP contribution in [-0.4, -0.2) is 49.1 Å². The van der Waals surface area contributed by atoms with Gasteiger partial charge >= 0.3 is 0 Å². The van der Waals surface area contributed by atoms with Crippen LogP contribution < -0.4 is 5.73 Å². The summed E-state index contributed by atoms with van der Waals surface area (Å²) >= 11 is 0. The van der Waals surface area contributed by atoms with Crippen LogP contribution in [0.25, 0.3) is 0 Å². The Labute approximate surface area is 116 Å². The molecule has 1 saturated heterocycles. The first-order valence-electron chi connectivity index (χ1n) is 6.89. The van der Waals surface area contributed by atoms with E-state index in [9.17, 15) is 0 Å². The van der Waals surface area contributed by atoms with Crippen LogP contribution in [0.15, 0.2) is 24.3 Å². The molecule has 1 unspecified atom stereocenters. The van der Waals surface area contributed by atoms with Crippen LogP contribution in [0.5, 0.6) is 0 Å². The zero-order valence-corrected chi connectivity index (χ0v) is 11.9. The first-order valence-corrected chi connectivity index (χ1v) is 6.89. The number of nitrogens with two attached hydrogens (primary N) is 1. The van der Waals surface area contributed by atoms with Gasteiger partial charge in [-0.1, -0.05) is 24.0 Å². The van der Waals surface area contributed by atoms with Crippen LogP contribution in [0.4, 0.5) is 0 Å². The maximum Gasteiger partial charge on any atom is 0.0555 e. The third-order valence-corrected chi connectivity index (χ3v) is 3.74. The van der Waals surface area contributed by atoms with Gasteiger partial charge in [0, 0.05) is 37.8 Å². The van der Waals surface area contributed by atoms with Crippen molar-refractivity contribution in [3.63, 3.8) is 0 Å². The molecule has 1 aliphatic rings. The highest BCUT2D eigenvalue weighted by Gasteiger charge is 2.20. The molecule has 1 fully saturated rings. The molecular formula is C16H23N3. The molecule has 0 saturated carbocycles. The van der Waals surface area contributed by atoms with Gasteiger partial charge in [0.05, 0.1) is 6.54 Å². The Morgan fingerprint density at radius 3 is 2.63 bits per heavy atom. The first-order chi connectivity index (χ1) is 9.19. The smallest absolute Gasteiger partial charge is 0.0555 e. The number of hydrogen-bond acceptors (Lipinski definition) is 3. The summed E-state index contributed by atoms with van der Waals surface area (Å²) in [6.45, 7) is 7.18. The van der Waals surface area contributed by atoms with E-state index >= 15 is 0 Å². The Balaban J connectivity index is 1.92. The van der Waals surface area contributed by atoms with E-state index in [4.69, 9.17) is 5.73 Å². The molecule has 1 heterocycles. The average molecular weight is 257 g/mol. The third-order valence-electron chi connectivity index (χ3n) is 3.74. The van der Waals surface area contributed by atoms with Crippen molar-refractivity contribution in [2.75, 3.05) is 33.2 Å². The molecule has 0 spiro atoms. The van der Waals surface area contributed by atoms with Gasteiger partial charge in [-0.25, -0.2) is 0 Å². The topological polar surface area (TPSA) is 32.5 Å². The van der Waals surface area contributed by atoms with Gasteiger partial charge in [0.15, 0.2) is 0 Å². The van der Waals surface area contributed by atoms with Crippen LogP contribution >= 0.6 is 0 Å². The van der Waals surface area contributed by atoms with E-state index in [1.165, 1.54) is 5.56 Å². The Morgan fingerprint density at radius 1 is 1.26 bits per heavy atom. The van der Waals surface area contributed by atoms with Crippen LogP contribution in [0.2, 0.25) is 0 Å². The fourth-order valence-corrected chi connectivity index (χ4v) is 2.37. The lowest BCUT2D eigenvalue weighted by Gasteiger charge is -2.37. The second-order valence-electron chi connectivity index (χ2n) is 5.27. The molecule has 1 aliphatic heterocycles. The number of benzene rings is 1. The fraction of sp³-hybridized carbons (Fsp3) is 0.500. The van der Waals surface area contributed by atoms with Gasteiger partial charge in [0.25, 0.3) is 0 Å². The number of piperazine rings is 1. The molecule has 1 aromatic carbocycles. The summed E-state index contributed by atoms with van der Waals surface area (Å²) in [6.07, 6.45) is 0. The lowest BCUT2D eigenvalue weighted by molar-refractivity contribution is 0.1000. The Kier molecular flexibility index (Phi) is 4.98. The normalized spacial score (nSPS) is 20.9. The second kappa shape index (κ2) is 6.72. The fourth-order valence-electron chi connectivity index (χ4n) is 2.37. The Bertz CT molecular complexity index is 455. The summed E-state index contributed by atoms with van der Waals surface area (Å²) in [7, 11) is 2.20. The standard InChI is InChI=1S/C16H23N3/c1-14-12-19(11-10-18(14)2)13-16-7-5-15(6-8-16)4-3-9-17/h5-8,14H,9-13,17H2,1-2H3. The van der Waals surface area contributed by atoms with Gasteiger partial charge in [0.1, 0.15) is 0 Å². The van der Waals surface area contributed by atoms with Crippen LogP contribution in [0, 0.1) is 11.8 Å². The molecule has 0 aliphatic carbocycles. The van der Waals surface area contributed by atoms with E-state index in [1.54, 1.807) is 0 Å². The lowest BCUT2D eigenvalue weighted by Crippen LogP contribution is -2.49. The van der Waals surface area contributed by atoms with Crippen molar-refractivity contribution in [1.82, 2.24) is 9.80 Å². The maximum absolute atomic E-state index is 5.37. The zero-order chi connectivity index (χ0) is 13.7. The molecule has 0 bridgehead atoms. The van der Waals surface area contributed by atoms with E-state index in [0.29, 0.717) is 12.6 Å². The molecule has 0 radical (unpaired) electrons. The molecule has 19 heavy (non-hydrogen) atoms. The van der Waals surface area contributed by atoms with Crippen LogP contribution in [0.1, 0.15) is 18.1 Å². The molecular weight excluding hydrogens is 234 g/mol. The van der Waals surface area contributed by atoms with Crippen molar-refractivity contribution < 1.29 is 0 Å². The minimum absolute atomic E-state index is 0.418. The van der Waals surface area contributed by atoms with Gasteiger partial charge in [0.2, 0.25) is 0 Å². The highest BCUT2D eigenvalue weighted by atomic mass is 15.3. The summed E-state index contributed by atoms with van der Waals surface area (Å²) in [5.74, 6) is 5.93. The Hall–Kier alpha value is -1.34. The molecule has 102 valence electrons. The molecule has 0 aromatic heterocycles. The summed E-state index contributed by atoms with van der Waals surface area (Å²) < 4.78 is 0. The van der Waals surface area contributed by atoms with E-state index in [1.807, 2.05) is 0 Å². The van der Waals surface area contributed by atoms with Crippen molar-refractivity contribution >= 4 is 0 Å². The van der Waals surface area contributed by atoms with Crippen molar-refractivity contribution in [2.24, 2.45) is 5.73 Å².